The average molecular weight is 237 g/mol. The topological polar surface area (TPSA) is 41.3 Å². The van der Waals surface area contributed by atoms with Gasteiger partial charge in [-0.3, -0.25) is 0 Å². The molecule has 0 bridgehead atoms. The van der Waals surface area contributed by atoms with Crippen LogP contribution in [0.3, 0.4) is 0 Å². The molecular weight excluding hydrogens is 214 g/mol. The summed E-state index contributed by atoms with van der Waals surface area (Å²) in [6.45, 7) is 8.44. The zero-order chi connectivity index (χ0) is 12.3. The van der Waals surface area contributed by atoms with Crippen LogP contribution in [0.25, 0.3) is 0 Å². The van der Waals surface area contributed by atoms with Crippen LogP contribution in [-0.4, -0.2) is 36.7 Å². The van der Waals surface area contributed by atoms with Crippen molar-refractivity contribution in [3.8, 4) is 0 Å². The summed E-state index contributed by atoms with van der Waals surface area (Å²) in [5.41, 5.74) is 2.23. The Hall–Kier alpha value is -0.870. The molecule has 1 aromatic heterocycles. The number of aryl methyl sites for hydroxylation is 2. The molecule has 2 rings (SSSR count). The summed E-state index contributed by atoms with van der Waals surface area (Å²) in [7, 11) is 2.20. The molecule has 0 saturated carbocycles. The van der Waals surface area contributed by atoms with Gasteiger partial charge in [-0.2, -0.15) is 0 Å². The predicted octanol–water partition coefficient (Wildman–Crippen LogP) is 1.72. The summed E-state index contributed by atoms with van der Waals surface area (Å²) in [6, 6.07) is 0. The van der Waals surface area contributed by atoms with Crippen molar-refractivity contribution >= 4 is 0 Å². The Morgan fingerprint density at radius 3 is 2.65 bits per heavy atom. The minimum atomic E-state index is 0.826. The molecule has 0 aliphatic carbocycles. The van der Waals surface area contributed by atoms with Gasteiger partial charge in [0.05, 0.1) is 5.69 Å². The molecule has 1 aliphatic heterocycles. The van der Waals surface area contributed by atoms with Gasteiger partial charge in [-0.05, 0) is 59.3 Å². The molecular formula is C13H23N3O. The van der Waals surface area contributed by atoms with Crippen molar-refractivity contribution in [2.75, 3.05) is 26.7 Å². The number of piperidine rings is 1. The normalized spacial score (nSPS) is 18.8. The van der Waals surface area contributed by atoms with E-state index in [0.29, 0.717) is 0 Å². The Balaban J connectivity index is 1.73. The lowest BCUT2D eigenvalue weighted by molar-refractivity contribution is 0.216. The third-order valence-electron chi connectivity index (χ3n) is 3.75. The molecule has 0 radical (unpaired) electrons. The number of nitrogens with one attached hydrogen (secondary N) is 1. The molecule has 2 heterocycles. The molecule has 96 valence electrons. The molecule has 0 unspecified atom stereocenters. The van der Waals surface area contributed by atoms with E-state index < -0.39 is 0 Å². The molecule has 0 amide bonds. The predicted molar refractivity (Wildman–Crippen MR) is 67.9 cm³/mol. The van der Waals surface area contributed by atoms with E-state index in [1.54, 1.807) is 0 Å². The van der Waals surface area contributed by atoms with Crippen LogP contribution in [0.15, 0.2) is 4.52 Å². The van der Waals surface area contributed by atoms with Crippen molar-refractivity contribution in [1.29, 1.82) is 0 Å². The molecule has 0 atom stereocenters. The fraction of sp³-hybridized carbons (Fsp3) is 0.769. The fourth-order valence-corrected chi connectivity index (χ4v) is 2.42. The lowest BCUT2D eigenvalue weighted by Gasteiger charge is -2.29. The fourth-order valence-electron chi connectivity index (χ4n) is 2.42. The first kappa shape index (κ1) is 12.6. The average Bonchev–Trinajstić information content (AvgIpc) is 2.63. The van der Waals surface area contributed by atoms with E-state index in [1.807, 2.05) is 13.8 Å². The smallest absolute Gasteiger partial charge is 0.138 e. The first-order chi connectivity index (χ1) is 8.16. The third kappa shape index (κ3) is 3.30. The van der Waals surface area contributed by atoms with Crippen molar-refractivity contribution < 1.29 is 4.52 Å². The van der Waals surface area contributed by atoms with Crippen LogP contribution in [0.5, 0.6) is 0 Å². The van der Waals surface area contributed by atoms with Gasteiger partial charge in [0.1, 0.15) is 5.76 Å². The van der Waals surface area contributed by atoms with Crippen molar-refractivity contribution in [2.24, 2.45) is 5.92 Å². The summed E-state index contributed by atoms with van der Waals surface area (Å²) >= 11 is 0. The summed E-state index contributed by atoms with van der Waals surface area (Å²) in [5.74, 6) is 1.77. The van der Waals surface area contributed by atoms with Crippen LogP contribution in [0, 0.1) is 19.8 Å². The Morgan fingerprint density at radius 2 is 2.06 bits per heavy atom. The molecule has 4 nitrogen and oxygen atoms in total. The molecule has 1 saturated heterocycles. The quantitative estimate of drug-likeness (QED) is 0.866. The van der Waals surface area contributed by atoms with Crippen LogP contribution in [0.4, 0.5) is 0 Å². The van der Waals surface area contributed by atoms with E-state index >= 15 is 0 Å². The Kier molecular flexibility index (Phi) is 4.18. The van der Waals surface area contributed by atoms with Crippen LogP contribution in [0.2, 0.25) is 0 Å². The Labute approximate surface area is 103 Å². The van der Waals surface area contributed by atoms with Gasteiger partial charge < -0.3 is 14.7 Å². The maximum Gasteiger partial charge on any atom is 0.138 e. The van der Waals surface area contributed by atoms with Gasteiger partial charge >= 0.3 is 0 Å². The lowest BCUT2D eigenvalue weighted by Crippen LogP contribution is -2.34. The number of hydrogen-bond donors (Lipinski definition) is 1. The van der Waals surface area contributed by atoms with Crippen LogP contribution < -0.4 is 5.32 Å². The Morgan fingerprint density at radius 1 is 1.35 bits per heavy atom. The summed E-state index contributed by atoms with van der Waals surface area (Å²) in [4.78, 5) is 2.41. The zero-order valence-electron chi connectivity index (χ0n) is 11.1. The van der Waals surface area contributed by atoms with E-state index in [-0.39, 0.29) is 0 Å². The highest BCUT2D eigenvalue weighted by Gasteiger charge is 2.16. The highest BCUT2D eigenvalue weighted by molar-refractivity contribution is 5.20. The number of likely N-dealkylation sites (tertiary alicyclic amines) is 1. The van der Waals surface area contributed by atoms with E-state index in [4.69, 9.17) is 4.52 Å². The van der Waals surface area contributed by atoms with Gasteiger partial charge in [0.2, 0.25) is 0 Å². The second-order valence-corrected chi connectivity index (χ2v) is 5.18. The van der Waals surface area contributed by atoms with E-state index in [9.17, 15) is 0 Å². The van der Waals surface area contributed by atoms with Gasteiger partial charge in [0.25, 0.3) is 0 Å². The molecule has 1 fully saturated rings. The monoisotopic (exact) mass is 237 g/mol. The first-order valence-corrected chi connectivity index (χ1v) is 6.48. The highest BCUT2D eigenvalue weighted by Crippen LogP contribution is 2.16. The number of rotatable bonds is 4. The van der Waals surface area contributed by atoms with Crippen LogP contribution >= 0.6 is 0 Å². The summed E-state index contributed by atoms with van der Waals surface area (Å²) in [5, 5.41) is 7.51. The minimum Gasteiger partial charge on any atom is -0.361 e. The van der Waals surface area contributed by atoms with Crippen molar-refractivity contribution in [1.82, 2.24) is 15.4 Å². The molecule has 1 N–H and O–H groups in total. The number of hydrogen-bond acceptors (Lipinski definition) is 4. The molecule has 1 aromatic rings. The summed E-state index contributed by atoms with van der Waals surface area (Å²) in [6.07, 6.45) is 2.62. The van der Waals surface area contributed by atoms with Gasteiger partial charge in [0.15, 0.2) is 0 Å². The molecule has 0 aromatic carbocycles. The standard InChI is InChI=1S/C13H23N3O/c1-10-13(11(2)17-15-10)9-14-8-12-4-6-16(3)7-5-12/h12,14H,4-9H2,1-3H3. The van der Waals surface area contributed by atoms with E-state index in [1.165, 1.54) is 31.5 Å². The molecule has 17 heavy (non-hydrogen) atoms. The summed E-state index contributed by atoms with van der Waals surface area (Å²) < 4.78 is 5.16. The van der Waals surface area contributed by atoms with Gasteiger partial charge in [-0.25, -0.2) is 0 Å². The van der Waals surface area contributed by atoms with Gasteiger partial charge in [-0.15, -0.1) is 0 Å². The highest BCUT2D eigenvalue weighted by atomic mass is 16.5. The van der Waals surface area contributed by atoms with Crippen molar-refractivity contribution in [3.63, 3.8) is 0 Å². The number of nitrogens with zero attached hydrogens (tertiary/aromatic N) is 2. The minimum absolute atomic E-state index is 0.826. The van der Waals surface area contributed by atoms with Crippen LogP contribution in [-0.2, 0) is 6.54 Å². The van der Waals surface area contributed by atoms with Gasteiger partial charge in [-0.1, -0.05) is 5.16 Å². The van der Waals surface area contributed by atoms with E-state index in [2.05, 4.69) is 22.4 Å². The second kappa shape index (κ2) is 5.65. The third-order valence-corrected chi connectivity index (χ3v) is 3.75. The van der Waals surface area contributed by atoms with E-state index in [0.717, 1.165) is 30.5 Å². The first-order valence-electron chi connectivity index (χ1n) is 6.48. The maximum atomic E-state index is 5.16. The lowest BCUT2D eigenvalue weighted by atomic mass is 9.97. The zero-order valence-corrected chi connectivity index (χ0v) is 11.1. The van der Waals surface area contributed by atoms with Crippen molar-refractivity contribution in [2.45, 2.75) is 33.2 Å². The van der Waals surface area contributed by atoms with Crippen molar-refractivity contribution in [3.05, 3.63) is 17.0 Å². The number of aromatic nitrogens is 1. The van der Waals surface area contributed by atoms with Gasteiger partial charge in [0, 0.05) is 12.1 Å². The molecule has 1 aliphatic rings. The van der Waals surface area contributed by atoms with Crippen LogP contribution in [0.1, 0.15) is 29.9 Å². The second-order valence-electron chi connectivity index (χ2n) is 5.18. The molecule has 4 heteroatoms. The maximum absolute atomic E-state index is 5.16. The molecule has 0 spiro atoms. The SMILES string of the molecule is Cc1noc(C)c1CNCC1CCN(C)CC1. The largest absolute Gasteiger partial charge is 0.361 e. The Bertz CT molecular complexity index is 334.